The normalized spacial score (nSPS) is 18.6. The summed E-state index contributed by atoms with van der Waals surface area (Å²) < 4.78 is 2.27. The molecule has 2 aliphatic heterocycles. The van der Waals surface area contributed by atoms with E-state index in [2.05, 4.69) is 49.7 Å². The summed E-state index contributed by atoms with van der Waals surface area (Å²) in [6.45, 7) is 13.5. The minimum atomic E-state index is -0.912. The number of benzene rings is 1. The summed E-state index contributed by atoms with van der Waals surface area (Å²) >= 11 is 0. The minimum Gasteiger partial charge on any atom is -0.478 e. The van der Waals surface area contributed by atoms with E-state index >= 15 is 0 Å². The molecule has 4 heterocycles. The maximum Gasteiger partial charge on any atom is 0.335 e. The first-order valence-corrected chi connectivity index (χ1v) is 14.9. The van der Waals surface area contributed by atoms with Crippen molar-refractivity contribution in [2.45, 2.75) is 65.1 Å². The number of carboxylic acids is 1. The van der Waals surface area contributed by atoms with Gasteiger partial charge in [-0.3, -0.25) is 0 Å². The van der Waals surface area contributed by atoms with Gasteiger partial charge in [-0.2, -0.15) is 0 Å². The van der Waals surface area contributed by atoms with Gasteiger partial charge in [0.15, 0.2) is 0 Å². The van der Waals surface area contributed by atoms with Crippen LogP contribution in [0.2, 0.25) is 0 Å². The van der Waals surface area contributed by atoms with Crippen LogP contribution in [0, 0.1) is 11.3 Å². The van der Waals surface area contributed by atoms with Gasteiger partial charge >= 0.3 is 5.97 Å². The average molecular weight is 548 g/mol. The number of carboxylic acid groups (broad SMARTS) is 1. The highest BCUT2D eigenvalue weighted by atomic mass is 16.4. The van der Waals surface area contributed by atoms with Gasteiger partial charge in [-0.15, -0.1) is 0 Å². The van der Waals surface area contributed by atoms with E-state index in [1.54, 1.807) is 24.4 Å². The van der Waals surface area contributed by atoms with E-state index in [0.29, 0.717) is 23.9 Å². The molecule has 0 amide bonds. The number of nitrogens with one attached hydrogen (secondary N) is 2. The maximum atomic E-state index is 11.4. The molecule has 9 heteroatoms. The lowest BCUT2D eigenvalue weighted by Crippen LogP contribution is -2.42. The summed E-state index contributed by atoms with van der Waals surface area (Å²) in [6.07, 6.45) is 13.4. The number of piperidine rings is 1. The predicted octanol–water partition coefficient (Wildman–Crippen LogP) is 4.21. The van der Waals surface area contributed by atoms with Crippen LogP contribution in [0.4, 0.5) is 0 Å². The Kier molecular flexibility index (Phi) is 9.34. The number of H-pyrrole nitrogens is 1. The summed E-state index contributed by atoms with van der Waals surface area (Å²) in [6, 6.07) is 7.04. The topological polar surface area (TPSA) is 102 Å². The Balaban J connectivity index is 1.16. The molecule has 2 aromatic heterocycles. The Morgan fingerprint density at radius 3 is 2.62 bits per heavy atom. The summed E-state index contributed by atoms with van der Waals surface area (Å²) in [5.41, 5.74) is 1.76. The number of rotatable bonds is 13. The summed E-state index contributed by atoms with van der Waals surface area (Å²) in [5, 5.41) is 13.0. The second-order valence-electron chi connectivity index (χ2n) is 12.2. The smallest absolute Gasteiger partial charge is 0.335 e. The maximum absolute atomic E-state index is 11.4. The molecule has 0 radical (unpaired) electrons. The fourth-order valence-electron chi connectivity index (χ4n) is 6.55. The van der Waals surface area contributed by atoms with Crippen molar-refractivity contribution >= 4 is 5.97 Å². The molecule has 1 atom stereocenters. The molecule has 40 heavy (non-hydrogen) atoms. The summed E-state index contributed by atoms with van der Waals surface area (Å²) in [5.74, 6) is 1.72. The summed E-state index contributed by atoms with van der Waals surface area (Å²) in [4.78, 5) is 29.2. The third-order valence-electron chi connectivity index (χ3n) is 8.67. The van der Waals surface area contributed by atoms with E-state index in [1.165, 1.54) is 52.0 Å². The van der Waals surface area contributed by atoms with Gasteiger partial charge in [-0.05, 0) is 80.9 Å². The zero-order valence-electron chi connectivity index (χ0n) is 24.1. The van der Waals surface area contributed by atoms with Crippen LogP contribution in [0.3, 0.4) is 0 Å². The molecule has 216 valence electrons. The van der Waals surface area contributed by atoms with E-state index in [0.717, 1.165) is 42.6 Å². The molecule has 0 aliphatic carbocycles. The molecule has 3 N–H and O–H groups in total. The second kappa shape index (κ2) is 13.1. The minimum absolute atomic E-state index is 0.0549. The Bertz CT molecular complexity index is 1210. The molecule has 3 aromatic rings. The zero-order chi connectivity index (χ0) is 28.0. The molecule has 0 bridgehead atoms. The van der Waals surface area contributed by atoms with Gasteiger partial charge in [-0.1, -0.05) is 26.0 Å². The Morgan fingerprint density at radius 2 is 1.90 bits per heavy atom. The predicted molar refractivity (Wildman–Crippen MR) is 156 cm³/mol. The van der Waals surface area contributed by atoms with Gasteiger partial charge < -0.3 is 29.8 Å². The molecule has 1 aromatic carbocycles. The molecule has 1 unspecified atom stereocenters. The standard InChI is InChI=1S/C31H45N7O2/c1-24(2)22-36-15-7-31(8-16-36)9-17-37(23-31)13-4-14-38-18-12-34-29(38)27(20-28-32-10-11-33-28)35-21-25-5-3-6-26(19-25)30(39)40/h3,5-6,10-12,18-19,24,27,35H,4,7-9,13-17,20-23H2,1-2H3,(H,32,33)(H,39,40). The number of imidazole rings is 2. The monoisotopic (exact) mass is 547 g/mol. The van der Waals surface area contributed by atoms with Crippen LogP contribution in [-0.4, -0.2) is 79.7 Å². The van der Waals surface area contributed by atoms with E-state index in [4.69, 9.17) is 4.98 Å². The quantitative estimate of drug-likeness (QED) is 0.295. The van der Waals surface area contributed by atoms with Gasteiger partial charge in [0, 0.05) is 57.4 Å². The first kappa shape index (κ1) is 28.5. The molecule has 1 spiro atoms. The Labute approximate surface area is 238 Å². The number of aryl methyl sites for hydroxylation is 1. The van der Waals surface area contributed by atoms with Crippen LogP contribution in [0.25, 0.3) is 0 Å². The molecule has 0 saturated carbocycles. The highest BCUT2D eigenvalue weighted by Crippen LogP contribution is 2.40. The van der Waals surface area contributed by atoms with Gasteiger partial charge in [-0.25, -0.2) is 14.8 Å². The number of aromatic nitrogens is 4. The van der Waals surface area contributed by atoms with Crippen molar-refractivity contribution in [2.75, 3.05) is 39.3 Å². The molecular weight excluding hydrogens is 502 g/mol. The highest BCUT2D eigenvalue weighted by molar-refractivity contribution is 5.87. The summed E-state index contributed by atoms with van der Waals surface area (Å²) in [7, 11) is 0. The van der Waals surface area contributed by atoms with Crippen molar-refractivity contribution in [2.24, 2.45) is 11.3 Å². The lowest BCUT2D eigenvalue weighted by molar-refractivity contribution is 0.0696. The van der Waals surface area contributed by atoms with Crippen molar-refractivity contribution in [3.63, 3.8) is 0 Å². The van der Waals surface area contributed by atoms with E-state index in [1.807, 2.05) is 18.5 Å². The largest absolute Gasteiger partial charge is 0.478 e. The van der Waals surface area contributed by atoms with Crippen molar-refractivity contribution < 1.29 is 9.90 Å². The molecular formula is C31H45N7O2. The zero-order valence-corrected chi connectivity index (χ0v) is 24.1. The van der Waals surface area contributed by atoms with Gasteiger partial charge in [0.1, 0.15) is 11.6 Å². The van der Waals surface area contributed by atoms with E-state index in [-0.39, 0.29) is 6.04 Å². The van der Waals surface area contributed by atoms with Crippen LogP contribution >= 0.6 is 0 Å². The van der Waals surface area contributed by atoms with Crippen LogP contribution < -0.4 is 5.32 Å². The average Bonchev–Trinajstić information content (AvgIpc) is 3.70. The van der Waals surface area contributed by atoms with Gasteiger partial charge in [0.25, 0.3) is 0 Å². The highest BCUT2D eigenvalue weighted by Gasteiger charge is 2.40. The second-order valence-corrected chi connectivity index (χ2v) is 12.2. The Morgan fingerprint density at radius 1 is 1.10 bits per heavy atom. The number of likely N-dealkylation sites (tertiary alicyclic amines) is 2. The number of hydrogen-bond donors (Lipinski definition) is 3. The van der Waals surface area contributed by atoms with Gasteiger partial charge in [0.05, 0.1) is 11.6 Å². The lowest BCUT2D eigenvalue weighted by atomic mass is 9.77. The number of carbonyl (C=O) groups is 1. The van der Waals surface area contributed by atoms with Crippen LogP contribution in [0.5, 0.6) is 0 Å². The third-order valence-corrected chi connectivity index (χ3v) is 8.67. The molecule has 2 aliphatic rings. The van der Waals surface area contributed by atoms with Crippen LogP contribution in [0.15, 0.2) is 49.1 Å². The fraction of sp³-hybridized carbons (Fsp3) is 0.581. The van der Waals surface area contributed by atoms with Crippen LogP contribution in [0.1, 0.15) is 73.1 Å². The Hall–Kier alpha value is -3.01. The first-order valence-electron chi connectivity index (χ1n) is 14.9. The van der Waals surface area contributed by atoms with Crippen molar-refractivity contribution in [3.05, 3.63) is 71.8 Å². The van der Waals surface area contributed by atoms with Crippen molar-refractivity contribution in [1.82, 2.24) is 34.6 Å². The van der Waals surface area contributed by atoms with Crippen molar-refractivity contribution in [1.29, 1.82) is 0 Å². The molecule has 5 rings (SSSR count). The first-order chi connectivity index (χ1) is 19.4. The molecule has 2 fully saturated rings. The number of aromatic carboxylic acids is 1. The molecule has 2 saturated heterocycles. The number of hydrogen-bond acceptors (Lipinski definition) is 6. The van der Waals surface area contributed by atoms with E-state index in [9.17, 15) is 9.90 Å². The SMILES string of the molecule is CC(C)CN1CCC2(CC1)CCN(CCCn1ccnc1C(Cc1ncc[nH]1)NCc1cccc(C(=O)O)c1)C2. The lowest BCUT2D eigenvalue weighted by Gasteiger charge is -2.40. The van der Waals surface area contributed by atoms with Crippen LogP contribution in [-0.2, 0) is 19.5 Å². The van der Waals surface area contributed by atoms with E-state index < -0.39 is 5.97 Å². The van der Waals surface area contributed by atoms with Crippen molar-refractivity contribution in [3.8, 4) is 0 Å². The molecule has 9 nitrogen and oxygen atoms in total. The van der Waals surface area contributed by atoms with Gasteiger partial charge in [0.2, 0.25) is 0 Å². The number of nitrogens with zero attached hydrogens (tertiary/aromatic N) is 5. The number of aromatic amines is 1. The fourth-order valence-corrected chi connectivity index (χ4v) is 6.55. The third kappa shape index (κ3) is 7.38.